The minimum Gasteiger partial charge on any atom is -0.484 e. The average Bonchev–Trinajstić information content (AvgIpc) is 3.29. The molecule has 1 aromatic heterocycles. The lowest BCUT2D eigenvalue weighted by molar-refractivity contribution is -0.134. The highest BCUT2D eigenvalue weighted by Crippen LogP contribution is 2.24. The van der Waals surface area contributed by atoms with Gasteiger partial charge in [-0.1, -0.05) is 18.2 Å². The highest BCUT2D eigenvalue weighted by atomic mass is 16.5. The first kappa shape index (κ1) is 27.3. The fraction of sp³-hybridized carbons (Fsp3) is 0.296. The number of amides is 1. The van der Waals surface area contributed by atoms with Crippen LogP contribution in [0.5, 0.6) is 5.75 Å². The van der Waals surface area contributed by atoms with Crippen LogP contribution in [0.2, 0.25) is 0 Å². The highest BCUT2D eigenvalue weighted by Gasteiger charge is 2.22. The topological polar surface area (TPSA) is 149 Å². The number of carbonyl (C=O) groups excluding carboxylic acids is 1. The van der Waals surface area contributed by atoms with Gasteiger partial charge in [0, 0.05) is 61.1 Å². The number of hydrogen-bond acceptors (Lipinski definition) is 6. The molecule has 2 heterocycles. The molecule has 3 aromatic rings. The maximum absolute atomic E-state index is 12.6. The quantitative estimate of drug-likeness (QED) is 0.339. The summed E-state index contributed by atoms with van der Waals surface area (Å²) in [6, 6.07) is 14.3. The number of aryl methyl sites for hydroxylation is 1. The second-order valence-corrected chi connectivity index (χ2v) is 8.51. The molecule has 4 rings (SSSR count). The Bertz CT molecular complexity index is 1240. The maximum Gasteiger partial charge on any atom is 0.328 e. The number of carboxylic acids is 2. The predicted molar refractivity (Wildman–Crippen MR) is 141 cm³/mol. The highest BCUT2D eigenvalue weighted by molar-refractivity contribution is 5.89. The molecule has 1 aliphatic rings. The van der Waals surface area contributed by atoms with E-state index in [1.54, 1.807) is 0 Å². The van der Waals surface area contributed by atoms with E-state index in [4.69, 9.17) is 20.7 Å². The molecule has 5 N–H and O–H groups in total. The van der Waals surface area contributed by atoms with Crippen LogP contribution in [0, 0.1) is 6.92 Å². The van der Waals surface area contributed by atoms with Crippen LogP contribution >= 0.6 is 0 Å². The number of aliphatic carboxylic acids is 2. The smallest absolute Gasteiger partial charge is 0.328 e. The number of rotatable bonds is 8. The zero-order valence-corrected chi connectivity index (χ0v) is 20.7. The van der Waals surface area contributed by atoms with E-state index in [9.17, 15) is 14.4 Å². The minimum atomic E-state index is -1.26. The van der Waals surface area contributed by atoms with Crippen LogP contribution in [0.3, 0.4) is 0 Å². The van der Waals surface area contributed by atoms with Gasteiger partial charge in [-0.15, -0.1) is 0 Å². The molecule has 1 fully saturated rings. The summed E-state index contributed by atoms with van der Waals surface area (Å²) in [6.45, 7) is 5.91. The summed E-state index contributed by atoms with van der Waals surface area (Å²) < 4.78 is 5.81. The second-order valence-electron chi connectivity index (χ2n) is 8.51. The average molecular weight is 509 g/mol. The Morgan fingerprint density at radius 1 is 1.03 bits per heavy atom. The van der Waals surface area contributed by atoms with Crippen molar-refractivity contribution in [3.63, 3.8) is 0 Å². The van der Waals surface area contributed by atoms with Crippen molar-refractivity contribution in [3.05, 3.63) is 71.9 Å². The molecule has 0 unspecified atom stereocenters. The first-order valence-corrected chi connectivity index (χ1v) is 11.9. The van der Waals surface area contributed by atoms with Crippen LogP contribution < -0.4 is 15.4 Å². The maximum atomic E-state index is 12.6. The molecule has 0 atom stereocenters. The van der Waals surface area contributed by atoms with E-state index in [0.29, 0.717) is 37.5 Å². The Morgan fingerprint density at radius 3 is 2.32 bits per heavy atom. The van der Waals surface area contributed by atoms with Crippen molar-refractivity contribution in [2.45, 2.75) is 13.3 Å². The van der Waals surface area contributed by atoms with Crippen molar-refractivity contribution < 1.29 is 29.3 Å². The molecule has 0 spiro atoms. The molecule has 2 aromatic carbocycles. The van der Waals surface area contributed by atoms with Crippen molar-refractivity contribution in [2.24, 2.45) is 5.73 Å². The number of carbonyl (C=O) groups is 3. The van der Waals surface area contributed by atoms with Gasteiger partial charge in [0.1, 0.15) is 5.75 Å². The van der Waals surface area contributed by atoms with Crippen LogP contribution in [-0.4, -0.2) is 77.3 Å². The molecule has 1 amide bonds. The van der Waals surface area contributed by atoms with Crippen LogP contribution in [-0.2, 0) is 20.8 Å². The van der Waals surface area contributed by atoms with Crippen LogP contribution in [0.1, 0.15) is 11.1 Å². The fourth-order valence-electron chi connectivity index (χ4n) is 4.10. The Hall–Kier alpha value is -4.31. The third kappa shape index (κ3) is 7.84. The monoisotopic (exact) mass is 508 g/mol. The van der Waals surface area contributed by atoms with E-state index in [-0.39, 0.29) is 12.5 Å². The molecule has 0 radical (unpaired) electrons. The van der Waals surface area contributed by atoms with Gasteiger partial charge in [0.2, 0.25) is 0 Å². The van der Waals surface area contributed by atoms with Gasteiger partial charge >= 0.3 is 11.9 Å². The summed E-state index contributed by atoms with van der Waals surface area (Å²) in [5.41, 5.74) is 10.4. The van der Waals surface area contributed by atoms with Gasteiger partial charge in [-0.2, -0.15) is 0 Å². The Balaban J connectivity index is 0.000000414. The van der Waals surface area contributed by atoms with Gasteiger partial charge in [0.15, 0.2) is 6.61 Å². The third-order valence-corrected chi connectivity index (χ3v) is 5.97. The number of piperazine rings is 1. The fourth-order valence-corrected chi connectivity index (χ4v) is 4.10. The Morgan fingerprint density at radius 2 is 1.70 bits per heavy atom. The van der Waals surface area contributed by atoms with E-state index in [2.05, 4.69) is 41.1 Å². The number of anilines is 1. The normalized spacial score (nSPS) is 13.4. The first-order chi connectivity index (χ1) is 17.8. The summed E-state index contributed by atoms with van der Waals surface area (Å²) in [5.74, 6) is -1.77. The number of hydrogen-bond donors (Lipinski definition) is 4. The Kier molecular flexibility index (Phi) is 9.68. The van der Waals surface area contributed by atoms with E-state index < -0.39 is 11.9 Å². The molecule has 0 aliphatic carbocycles. The molecule has 10 heteroatoms. The number of aromatic amines is 1. The van der Waals surface area contributed by atoms with Gasteiger partial charge in [-0.25, -0.2) is 9.59 Å². The van der Waals surface area contributed by atoms with Crippen molar-refractivity contribution in [1.29, 1.82) is 0 Å². The molecule has 1 saturated heterocycles. The number of benzene rings is 2. The standard InChI is InChI=1S/C23H28N4O2.C4H4O4/c1-17-4-2-3-5-22(17)26-10-12-27(13-11-26)23(28)16-29-19-6-7-21-20(14-19)18(8-9-24)15-25-21;5-3(6)1-2-4(7)8/h2-7,14-15,25H,8-13,16,24H2,1H3;1-2H,(H,5,6)(H,7,8)/b;2-1+. The number of aromatic nitrogens is 1. The van der Waals surface area contributed by atoms with Crippen molar-refractivity contribution in [1.82, 2.24) is 9.88 Å². The second kappa shape index (κ2) is 13.1. The number of fused-ring (bicyclic) bond motifs is 1. The lowest BCUT2D eigenvalue weighted by atomic mass is 10.1. The molecule has 1 aliphatic heterocycles. The molecular formula is C27H32N4O6. The van der Waals surface area contributed by atoms with Crippen LogP contribution in [0.4, 0.5) is 5.69 Å². The van der Waals surface area contributed by atoms with Gasteiger partial charge in [-0.3, -0.25) is 4.79 Å². The minimum absolute atomic E-state index is 0.0331. The number of nitrogens with two attached hydrogens (primary N) is 1. The van der Waals surface area contributed by atoms with Crippen molar-refractivity contribution in [2.75, 3.05) is 44.2 Å². The Labute approximate surface area is 214 Å². The molecule has 196 valence electrons. The van der Waals surface area contributed by atoms with E-state index in [1.807, 2.05) is 29.3 Å². The first-order valence-electron chi connectivity index (χ1n) is 11.9. The summed E-state index contributed by atoms with van der Waals surface area (Å²) >= 11 is 0. The van der Waals surface area contributed by atoms with Crippen LogP contribution in [0.15, 0.2) is 60.8 Å². The molecule has 10 nitrogen and oxygen atoms in total. The summed E-state index contributed by atoms with van der Waals surface area (Å²) in [4.78, 5) is 39.2. The van der Waals surface area contributed by atoms with Crippen LogP contribution in [0.25, 0.3) is 10.9 Å². The number of carboxylic acid groups (broad SMARTS) is 2. The lowest BCUT2D eigenvalue weighted by Crippen LogP contribution is -2.50. The molecule has 0 bridgehead atoms. The van der Waals surface area contributed by atoms with E-state index in [0.717, 1.165) is 30.4 Å². The molecule has 37 heavy (non-hydrogen) atoms. The van der Waals surface area contributed by atoms with Gasteiger partial charge < -0.3 is 35.5 Å². The van der Waals surface area contributed by atoms with E-state index in [1.165, 1.54) is 16.8 Å². The van der Waals surface area contributed by atoms with Crippen molar-refractivity contribution in [3.8, 4) is 5.75 Å². The number of ether oxygens (including phenoxy) is 1. The lowest BCUT2D eigenvalue weighted by Gasteiger charge is -2.36. The van der Waals surface area contributed by atoms with Crippen molar-refractivity contribution >= 4 is 34.4 Å². The largest absolute Gasteiger partial charge is 0.484 e. The summed E-state index contributed by atoms with van der Waals surface area (Å²) in [5, 5.41) is 16.7. The molecular weight excluding hydrogens is 476 g/mol. The number of nitrogens with one attached hydrogen (secondary N) is 1. The number of para-hydroxylation sites is 1. The van der Waals surface area contributed by atoms with Gasteiger partial charge in [0.25, 0.3) is 5.91 Å². The number of H-pyrrole nitrogens is 1. The third-order valence-electron chi connectivity index (χ3n) is 5.97. The SMILES string of the molecule is Cc1ccccc1N1CCN(C(=O)COc2ccc3[nH]cc(CCN)c3c2)CC1.O=C(O)/C=C/C(=O)O. The predicted octanol–water partition coefficient (Wildman–Crippen LogP) is 2.42. The zero-order chi connectivity index (χ0) is 26.8. The van der Waals surface area contributed by atoms with Gasteiger partial charge in [-0.05, 0) is 55.3 Å². The van der Waals surface area contributed by atoms with E-state index >= 15 is 0 Å². The zero-order valence-electron chi connectivity index (χ0n) is 20.7. The summed E-state index contributed by atoms with van der Waals surface area (Å²) in [7, 11) is 0. The summed E-state index contributed by atoms with van der Waals surface area (Å²) in [6.07, 6.45) is 3.92. The number of nitrogens with zero attached hydrogens (tertiary/aromatic N) is 2. The molecule has 0 saturated carbocycles. The van der Waals surface area contributed by atoms with Gasteiger partial charge in [0.05, 0.1) is 0 Å².